The van der Waals surface area contributed by atoms with Crippen LogP contribution in [0.3, 0.4) is 0 Å². The fourth-order valence-corrected chi connectivity index (χ4v) is 1.55. The normalized spacial score (nSPS) is 11.3. The second-order valence-electron chi connectivity index (χ2n) is 3.69. The number of hydrogen-bond acceptors (Lipinski definition) is 4. The van der Waals surface area contributed by atoms with E-state index < -0.39 is 5.97 Å². The van der Waals surface area contributed by atoms with Crippen molar-refractivity contribution in [2.45, 2.75) is 26.7 Å². The van der Waals surface area contributed by atoms with Crippen molar-refractivity contribution in [1.29, 1.82) is 0 Å². The van der Waals surface area contributed by atoms with Gasteiger partial charge in [0.2, 0.25) is 0 Å². The maximum Gasteiger partial charge on any atom is 0.356 e. The van der Waals surface area contributed by atoms with Crippen LogP contribution in [0, 0.1) is 6.92 Å². The molecule has 0 saturated heterocycles. The van der Waals surface area contributed by atoms with E-state index in [4.69, 9.17) is 9.94 Å². The average molecular weight is 235 g/mol. The van der Waals surface area contributed by atoms with Crippen LogP contribution in [0.25, 0.3) is 0 Å². The summed E-state index contributed by atoms with van der Waals surface area (Å²) in [6.45, 7) is 4.01. The van der Waals surface area contributed by atoms with Gasteiger partial charge in [0.15, 0.2) is 5.71 Å². The lowest BCUT2D eigenvalue weighted by molar-refractivity contribution is -0.135. The van der Waals surface area contributed by atoms with Gasteiger partial charge in [-0.25, -0.2) is 4.79 Å². The third-order valence-corrected chi connectivity index (χ3v) is 2.52. The molecule has 0 bridgehead atoms. The van der Waals surface area contributed by atoms with Crippen LogP contribution in [0.4, 0.5) is 0 Å². The highest BCUT2D eigenvalue weighted by molar-refractivity contribution is 6.36. The maximum atomic E-state index is 11.4. The summed E-state index contributed by atoms with van der Waals surface area (Å²) in [5.41, 5.74) is 2.36. The Morgan fingerprint density at radius 1 is 1.41 bits per heavy atom. The number of carbonyl (C=O) groups excluding carboxylic acids is 1. The number of nitrogens with zero attached hydrogens (tertiary/aromatic N) is 1. The molecule has 0 radical (unpaired) electrons. The molecule has 0 spiro atoms. The molecule has 4 heteroatoms. The van der Waals surface area contributed by atoms with Gasteiger partial charge in [-0.3, -0.25) is 0 Å². The summed E-state index contributed by atoms with van der Waals surface area (Å²) in [4.78, 5) is 11.4. The van der Waals surface area contributed by atoms with Crippen LogP contribution in [-0.2, 0) is 16.0 Å². The number of ether oxygens (including phenoxy) is 1. The van der Waals surface area contributed by atoms with Gasteiger partial charge in [0, 0.05) is 6.42 Å². The minimum Gasteiger partial charge on any atom is -0.461 e. The summed E-state index contributed by atoms with van der Waals surface area (Å²) in [6, 6.07) is 7.92. The molecule has 4 nitrogen and oxygen atoms in total. The van der Waals surface area contributed by atoms with Gasteiger partial charge in [0.1, 0.15) is 0 Å². The Morgan fingerprint density at radius 2 is 2.12 bits per heavy atom. The second-order valence-corrected chi connectivity index (χ2v) is 3.69. The van der Waals surface area contributed by atoms with Crippen molar-refractivity contribution in [3.05, 3.63) is 35.4 Å². The molecule has 17 heavy (non-hydrogen) atoms. The van der Waals surface area contributed by atoms with Crippen LogP contribution >= 0.6 is 0 Å². The smallest absolute Gasteiger partial charge is 0.356 e. The molecule has 0 saturated carbocycles. The third-order valence-electron chi connectivity index (χ3n) is 2.52. The number of esters is 1. The van der Waals surface area contributed by atoms with E-state index in [0.29, 0.717) is 12.8 Å². The minimum atomic E-state index is -0.552. The standard InChI is InChI=1S/C13H17NO3/c1-3-17-13(15)12(14-16)9-8-11-7-5-4-6-10(11)2/h4-7,16H,3,8-9H2,1-2H3. The van der Waals surface area contributed by atoms with Crippen LogP contribution in [0.5, 0.6) is 0 Å². The van der Waals surface area contributed by atoms with E-state index in [1.807, 2.05) is 31.2 Å². The fourth-order valence-electron chi connectivity index (χ4n) is 1.55. The predicted molar refractivity (Wildman–Crippen MR) is 65.4 cm³/mol. The van der Waals surface area contributed by atoms with E-state index in [9.17, 15) is 4.79 Å². The van der Waals surface area contributed by atoms with Gasteiger partial charge >= 0.3 is 5.97 Å². The summed E-state index contributed by atoms with van der Waals surface area (Å²) in [5, 5.41) is 11.8. The Morgan fingerprint density at radius 3 is 2.71 bits per heavy atom. The number of benzene rings is 1. The number of aryl methyl sites for hydroxylation is 2. The summed E-state index contributed by atoms with van der Waals surface area (Å²) < 4.78 is 4.78. The Balaban J connectivity index is 2.60. The van der Waals surface area contributed by atoms with Crippen molar-refractivity contribution in [1.82, 2.24) is 0 Å². The highest BCUT2D eigenvalue weighted by Gasteiger charge is 2.13. The molecule has 0 aliphatic carbocycles. The molecule has 0 unspecified atom stereocenters. The molecule has 92 valence electrons. The van der Waals surface area contributed by atoms with Crippen molar-refractivity contribution in [3.63, 3.8) is 0 Å². The lowest BCUT2D eigenvalue weighted by atomic mass is 10.0. The van der Waals surface area contributed by atoms with Gasteiger partial charge in [0.05, 0.1) is 6.61 Å². The van der Waals surface area contributed by atoms with Gasteiger partial charge in [-0.2, -0.15) is 0 Å². The van der Waals surface area contributed by atoms with Crippen LogP contribution in [0.15, 0.2) is 29.4 Å². The molecule has 0 aliphatic heterocycles. The highest BCUT2D eigenvalue weighted by atomic mass is 16.5. The van der Waals surface area contributed by atoms with Crippen molar-refractivity contribution < 1.29 is 14.7 Å². The molecule has 0 amide bonds. The van der Waals surface area contributed by atoms with Crippen LogP contribution in [-0.4, -0.2) is 23.5 Å². The summed E-state index contributed by atoms with van der Waals surface area (Å²) in [6.07, 6.45) is 1.03. The van der Waals surface area contributed by atoms with E-state index in [1.54, 1.807) is 6.92 Å². The van der Waals surface area contributed by atoms with E-state index in [2.05, 4.69) is 5.16 Å². The molecule has 1 aromatic carbocycles. The Kier molecular flexibility index (Phi) is 5.20. The molecule has 0 aliphatic rings. The topological polar surface area (TPSA) is 58.9 Å². The van der Waals surface area contributed by atoms with Gasteiger partial charge in [-0.05, 0) is 31.4 Å². The van der Waals surface area contributed by atoms with Gasteiger partial charge in [-0.1, -0.05) is 29.4 Å². The van der Waals surface area contributed by atoms with E-state index in [-0.39, 0.29) is 12.3 Å². The maximum absolute atomic E-state index is 11.4. The number of rotatable bonds is 5. The van der Waals surface area contributed by atoms with Crippen molar-refractivity contribution in [2.75, 3.05) is 6.61 Å². The molecule has 0 heterocycles. The number of hydrogen-bond donors (Lipinski definition) is 1. The van der Waals surface area contributed by atoms with Gasteiger partial charge in [-0.15, -0.1) is 0 Å². The first-order valence-corrected chi connectivity index (χ1v) is 5.61. The van der Waals surface area contributed by atoms with Crippen molar-refractivity contribution >= 4 is 11.7 Å². The van der Waals surface area contributed by atoms with Crippen molar-refractivity contribution in [2.24, 2.45) is 5.16 Å². The van der Waals surface area contributed by atoms with Crippen LogP contribution in [0.2, 0.25) is 0 Å². The quantitative estimate of drug-likeness (QED) is 0.369. The first kappa shape index (κ1) is 13.2. The molecule has 1 N–H and O–H groups in total. The molecule has 1 rings (SSSR count). The number of carbonyl (C=O) groups is 1. The van der Waals surface area contributed by atoms with Crippen molar-refractivity contribution in [3.8, 4) is 0 Å². The summed E-state index contributed by atoms with van der Waals surface area (Å²) in [7, 11) is 0. The van der Waals surface area contributed by atoms with E-state index in [1.165, 1.54) is 0 Å². The van der Waals surface area contributed by atoms with Gasteiger partial charge in [0.25, 0.3) is 0 Å². The zero-order valence-corrected chi connectivity index (χ0v) is 10.1. The van der Waals surface area contributed by atoms with Crippen LogP contribution < -0.4 is 0 Å². The molecule has 0 aromatic heterocycles. The largest absolute Gasteiger partial charge is 0.461 e. The Bertz CT molecular complexity index is 413. The predicted octanol–water partition coefficient (Wildman–Crippen LogP) is 2.32. The van der Waals surface area contributed by atoms with Gasteiger partial charge < -0.3 is 9.94 Å². The zero-order valence-electron chi connectivity index (χ0n) is 10.1. The first-order valence-electron chi connectivity index (χ1n) is 5.61. The average Bonchev–Trinajstić information content (AvgIpc) is 2.32. The SMILES string of the molecule is CCOC(=O)C(CCc1ccccc1C)=NO. The molecule has 1 aromatic rings. The van der Waals surface area contributed by atoms with Crippen LogP contribution in [0.1, 0.15) is 24.5 Å². The molecular weight excluding hydrogens is 218 g/mol. The Hall–Kier alpha value is -1.84. The molecular formula is C13H17NO3. The fraction of sp³-hybridized carbons (Fsp3) is 0.385. The lowest BCUT2D eigenvalue weighted by Crippen LogP contribution is -2.18. The second kappa shape index (κ2) is 6.68. The first-order chi connectivity index (χ1) is 8.19. The molecule has 0 fully saturated rings. The minimum absolute atomic E-state index is 0.0649. The summed E-state index contributed by atoms with van der Waals surface area (Å²) >= 11 is 0. The highest BCUT2D eigenvalue weighted by Crippen LogP contribution is 2.10. The monoisotopic (exact) mass is 235 g/mol. The lowest BCUT2D eigenvalue weighted by Gasteiger charge is -2.06. The molecule has 0 atom stereocenters. The number of oxime groups is 1. The third kappa shape index (κ3) is 3.90. The van der Waals surface area contributed by atoms with E-state index in [0.717, 1.165) is 11.1 Å². The Labute approximate surface area is 101 Å². The van der Waals surface area contributed by atoms with E-state index >= 15 is 0 Å². The zero-order chi connectivity index (χ0) is 12.7. The summed E-state index contributed by atoms with van der Waals surface area (Å²) in [5.74, 6) is -0.552.